The van der Waals surface area contributed by atoms with E-state index in [0.717, 1.165) is 50.5 Å². The number of ether oxygens (including phenoxy) is 1. The fraction of sp³-hybridized carbons (Fsp3) is 0.455. The molecule has 1 atom stereocenters. The maximum Gasteiger partial charge on any atom is 0.251 e. The minimum absolute atomic E-state index is 0.0158. The number of nitrogens with one attached hydrogen (secondary N) is 1. The van der Waals surface area contributed by atoms with E-state index in [1.54, 1.807) is 7.11 Å². The normalized spacial score (nSPS) is 21.4. The van der Waals surface area contributed by atoms with Crippen molar-refractivity contribution in [1.82, 2.24) is 20.1 Å². The van der Waals surface area contributed by atoms with Crippen molar-refractivity contribution >= 4 is 5.91 Å². The van der Waals surface area contributed by atoms with Crippen molar-refractivity contribution in [2.75, 3.05) is 46.9 Å². The van der Waals surface area contributed by atoms with Gasteiger partial charge in [-0.2, -0.15) is 0 Å². The van der Waals surface area contributed by atoms with Crippen molar-refractivity contribution < 1.29 is 9.53 Å². The molecule has 2 aromatic rings. The summed E-state index contributed by atoms with van der Waals surface area (Å²) >= 11 is 0. The van der Waals surface area contributed by atoms with Crippen molar-refractivity contribution in [2.45, 2.75) is 6.54 Å². The molecule has 1 spiro atoms. The minimum Gasteiger partial charge on any atom is -0.481 e. The van der Waals surface area contributed by atoms with Gasteiger partial charge in [0.15, 0.2) is 0 Å². The molecule has 1 N–H and O–H groups in total. The molecule has 1 aromatic heterocycles. The number of methoxy groups -OCH3 is 1. The van der Waals surface area contributed by atoms with E-state index in [4.69, 9.17) is 4.74 Å². The summed E-state index contributed by atoms with van der Waals surface area (Å²) in [4.78, 5) is 21.8. The molecule has 4 rings (SSSR count). The molecule has 1 amide bonds. The zero-order chi connectivity index (χ0) is 19.6. The summed E-state index contributed by atoms with van der Waals surface area (Å²) in [5.41, 5.74) is 2.02. The standard InChI is InChI=1S/C22H28N4O2/c1-25-12-18(11-23-21(27)17-7-4-3-5-8-17)22(14-25)15-26(16-22)13-19-9-6-10-20(24-19)28-2/h3-10,18H,11-16H2,1-2H3,(H,23,27). The van der Waals surface area contributed by atoms with Gasteiger partial charge in [-0.25, -0.2) is 4.98 Å². The monoisotopic (exact) mass is 380 g/mol. The van der Waals surface area contributed by atoms with Crippen molar-refractivity contribution in [3.63, 3.8) is 0 Å². The molecule has 6 nitrogen and oxygen atoms in total. The molecule has 0 aliphatic carbocycles. The van der Waals surface area contributed by atoms with E-state index < -0.39 is 0 Å². The molecule has 1 unspecified atom stereocenters. The quantitative estimate of drug-likeness (QED) is 0.829. The molecule has 2 saturated heterocycles. The molecular formula is C22H28N4O2. The van der Waals surface area contributed by atoms with Crippen LogP contribution in [0.2, 0.25) is 0 Å². The molecule has 0 radical (unpaired) electrons. The zero-order valence-corrected chi connectivity index (χ0v) is 16.6. The second kappa shape index (κ2) is 7.89. The smallest absolute Gasteiger partial charge is 0.251 e. The Morgan fingerprint density at radius 2 is 1.96 bits per heavy atom. The molecule has 0 saturated carbocycles. The lowest BCUT2D eigenvalue weighted by molar-refractivity contribution is -0.0268. The highest BCUT2D eigenvalue weighted by molar-refractivity contribution is 5.94. The third-order valence-corrected chi connectivity index (χ3v) is 5.98. The molecule has 2 aliphatic rings. The Hall–Kier alpha value is -2.44. The van der Waals surface area contributed by atoms with Gasteiger partial charge in [-0.3, -0.25) is 9.69 Å². The first-order valence-electron chi connectivity index (χ1n) is 9.82. The van der Waals surface area contributed by atoms with Crippen LogP contribution in [0.5, 0.6) is 5.88 Å². The summed E-state index contributed by atoms with van der Waals surface area (Å²) in [5.74, 6) is 1.15. The number of aromatic nitrogens is 1. The number of pyridine rings is 1. The Morgan fingerprint density at radius 1 is 1.18 bits per heavy atom. The third kappa shape index (κ3) is 3.88. The lowest BCUT2D eigenvalue weighted by Crippen LogP contribution is -2.61. The molecule has 2 aliphatic heterocycles. The molecule has 28 heavy (non-hydrogen) atoms. The summed E-state index contributed by atoms with van der Waals surface area (Å²) in [6.45, 7) is 5.76. The van der Waals surface area contributed by atoms with Crippen molar-refractivity contribution in [3.05, 3.63) is 59.8 Å². The first-order chi connectivity index (χ1) is 13.6. The van der Waals surface area contributed by atoms with E-state index in [1.807, 2.05) is 48.5 Å². The Morgan fingerprint density at radius 3 is 2.71 bits per heavy atom. The summed E-state index contributed by atoms with van der Waals surface area (Å²) < 4.78 is 5.23. The van der Waals surface area contributed by atoms with Gasteiger partial charge in [-0.05, 0) is 31.2 Å². The molecule has 148 valence electrons. The first kappa shape index (κ1) is 18.9. The van der Waals surface area contributed by atoms with Crippen LogP contribution < -0.4 is 10.1 Å². The number of hydrogen-bond donors (Lipinski definition) is 1. The maximum atomic E-state index is 12.4. The van der Waals surface area contributed by atoms with Gasteiger partial charge in [0.25, 0.3) is 5.91 Å². The third-order valence-electron chi connectivity index (χ3n) is 5.98. The number of nitrogens with zero attached hydrogens (tertiary/aromatic N) is 3. The topological polar surface area (TPSA) is 57.7 Å². The second-order valence-corrected chi connectivity index (χ2v) is 8.15. The Kier molecular flexibility index (Phi) is 5.33. The van der Waals surface area contributed by atoms with Crippen LogP contribution in [0.3, 0.4) is 0 Å². The Balaban J connectivity index is 1.34. The van der Waals surface area contributed by atoms with Crippen LogP contribution in [0.4, 0.5) is 0 Å². The fourth-order valence-corrected chi connectivity index (χ4v) is 4.69. The zero-order valence-electron chi connectivity index (χ0n) is 16.6. The van der Waals surface area contributed by atoms with E-state index in [1.165, 1.54) is 0 Å². The van der Waals surface area contributed by atoms with Crippen LogP contribution in [-0.4, -0.2) is 67.6 Å². The van der Waals surface area contributed by atoms with Gasteiger partial charge in [-0.1, -0.05) is 24.3 Å². The van der Waals surface area contributed by atoms with Crippen LogP contribution in [0.1, 0.15) is 16.1 Å². The Bertz CT molecular complexity index is 820. The van der Waals surface area contributed by atoms with E-state index in [0.29, 0.717) is 11.8 Å². The number of carbonyl (C=O) groups excluding carboxylic acids is 1. The van der Waals surface area contributed by atoms with Crippen molar-refractivity contribution in [3.8, 4) is 5.88 Å². The molecule has 6 heteroatoms. The van der Waals surface area contributed by atoms with Gasteiger partial charge < -0.3 is 15.0 Å². The molecule has 1 aromatic carbocycles. The molecule has 3 heterocycles. The fourth-order valence-electron chi connectivity index (χ4n) is 4.69. The first-order valence-corrected chi connectivity index (χ1v) is 9.82. The molecule has 2 fully saturated rings. The van der Waals surface area contributed by atoms with Crippen LogP contribution in [0.15, 0.2) is 48.5 Å². The highest BCUT2D eigenvalue weighted by Crippen LogP contribution is 2.43. The van der Waals surface area contributed by atoms with E-state index in [9.17, 15) is 4.79 Å². The lowest BCUT2D eigenvalue weighted by atomic mass is 9.71. The van der Waals surface area contributed by atoms with E-state index in [2.05, 4.69) is 27.1 Å². The van der Waals surface area contributed by atoms with Crippen LogP contribution in [0, 0.1) is 11.3 Å². The predicted octanol–water partition coefficient (Wildman–Crippen LogP) is 1.88. The number of likely N-dealkylation sites (tertiary alicyclic amines) is 2. The highest BCUT2D eigenvalue weighted by Gasteiger charge is 2.52. The molecule has 0 bridgehead atoms. The van der Waals surface area contributed by atoms with Gasteiger partial charge in [0, 0.05) is 56.3 Å². The number of carbonyl (C=O) groups is 1. The van der Waals surface area contributed by atoms with Gasteiger partial charge in [0.2, 0.25) is 5.88 Å². The van der Waals surface area contributed by atoms with Crippen LogP contribution in [-0.2, 0) is 6.54 Å². The summed E-state index contributed by atoms with van der Waals surface area (Å²) in [6, 6.07) is 15.4. The predicted molar refractivity (Wildman–Crippen MR) is 108 cm³/mol. The minimum atomic E-state index is 0.0158. The summed E-state index contributed by atoms with van der Waals surface area (Å²) in [6.07, 6.45) is 0. The number of rotatable bonds is 6. The maximum absolute atomic E-state index is 12.4. The van der Waals surface area contributed by atoms with Crippen LogP contribution >= 0.6 is 0 Å². The largest absolute Gasteiger partial charge is 0.481 e. The number of hydrogen-bond acceptors (Lipinski definition) is 5. The SMILES string of the molecule is COc1cccc(CN2CC3(CN(C)CC3CNC(=O)c3ccccc3)C2)n1. The van der Waals surface area contributed by atoms with Crippen molar-refractivity contribution in [1.29, 1.82) is 0 Å². The van der Waals surface area contributed by atoms with E-state index in [-0.39, 0.29) is 11.3 Å². The highest BCUT2D eigenvalue weighted by atomic mass is 16.5. The average Bonchev–Trinajstić information content (AvgIpc) is 3.03. The second-order valence-electron chi connectivity index (χ2n) is 8.15. The van der Waals surface area contributed by atoms with Crippen molar-refractivity contribution in [2.24, 2.45) is 11.3 Å². The lowest BCUT2D eigenvalue weighted by Gasteiger charge is -2.51. The van der Waals surface area contributed by atoms with E-state index >= 15 is 0 Å². The van der Waals surface area contributed by atoms with Crippen LogP contribution in [0.25, 0.3) is 0 Å². The van der Waals surface area contributed by atoms with Gasteiger partial charge >= 0.3 is 0 Å². The number of amides is 1. The van der Waals surface area contributed by atoms with Gasteiger partial charge in [0.1, 0.15) is 0 Å². The summed E-state index contributed by atoms with van der Waals surface area (Å²) in [5, 5.41) is 3.15. The van der Waals surface area contributed by atoms with Gasteiger partial charge in [-0.15, -0.1) is 0 Å². The van der Waals surface area contributed by atoms with Gasteiger partial charge in [0.05, 0.1) is 12.8 Å². The number of benzene rings is 1. The summed E-state index contributed by atoms with van der Waals surface area (Å²) in [7, 11) is 3.82. The molecular weight excluding hydrogens is 352 g/mol. The average molecular weight is 380 g/mol. The Labute approximate surface area is 166 Å².